The molecule has 0 aliphatic rings. The van der Waals surface area contributed by atoms with E-state index in [1.165, 1.54) is 18.3 Å². The quantitative estimate of drug-likeness (QED) is 0.428. The van der Waals surface area contributed by atoms with E-state index in [2.05, 4.69) is 31.8 Å². The molecule has 0 saturated heterocycles. The van der Waals surface area contributed by atoms with E-state index in [0.717, 1.165) is 10.0 Å². The number of hydrogen-bond donors (Lipinski definition) is 2. The lowest BCUT2D eigenvalue weighted by Crippen LogP contribution is -2.48. The Morgan fingerprint density at radius 1 is 1.14 bits per heavy atom. The van der Waals surface area contributed by atoms with Crippen LogP contribution < -0.4 is 15.5 Å². The van der Waals surface area contributed by atoms with Gasteiger partial charge in [0, 0.05) is 5.56 Å². The third-order valence-electron chi connectivity index (χ3n) is 3.98. The Kier molecular flexibility index (Phi) is 8.49. The van der Waals surface area contributed by atoms with E-state index in [0.29, 0.717) is 16.3 Å². The SMILES string of the molecule is COc1ccc(/C=N/NC(=O)C(NC(=O)c2ccc(Cl)c(Cl)c2)C(C)C)cc1Br. The number of halogens is 3. The van der Waals surface area contributed by atoms with Crippen molar-refractivity contribution in [1.29, 1.82) is 0 Å². The standard InChI is InChI=1S/C20H20BrCl2N3O3/c1-11(2)18(25-19(27)13-5-6-15(22)16(23)9-13)20(28)26-24-10-12-4-7-17(29-3)14(21)8-12/h4-11,18H,1-3H3,(H,25,27)(H,26,28)/b24-10+. The van der Waals surface area contributed by atoms with Crippen molar-refractivity contribution in [1.82, 2.24) is 10.7 Å². The predicted molar refractivity (Wildman–Crippen MR) is 119 cm³/mol. The Morgan fingerprint density at radius 3 is 2.45 bits per heavy atom. The second kappa shape index (κ2) is 10.6. The molecular weight excluding hydrogens is 481 g/mol. The van der Waals surface area contributed by atoms with Crippen LogP contribution in [0.2, 0.25) is 10.0 Å². The van der Waals surface area contributed by atoms with Crippen molar-refractivity contribution in [2.75, 3.05) is 7.11 Å². The number of hydrogen-bond acceptors (Lipinski definition) is 4. The van der Waals surface area contributed by atoms with Crippen LogP contribution in [-0.2, 0) is 4.79 Å². The molecule has 9 heteroatoms. The number of carbonyl (C=O) groups excluding carboxylic acids is 2. The number of ether oxygens (including phenoxy) is 1. The minimum atomic E-state index is -0.781. The number of carbonyl (C=O) groups is 2. The minimum absolute atomic E-state index is 0.160. The molecule has 2 N–H and O–H groups in total. The van der Waals surface area contributed by atoms with Gasteiger partial charge in [-0.05, 0) is 63.8 Å². The van der Waals surface area contributed by atoms with Gasteiger partial charge in [-0.2, -0.15) is 5.10 Å². The number of nitrogens with one attached hydrogen (secondary N) is 2. The van der Waals surface area contributed by atoms with Crippen molar-refractivity contribution in [2.45, 2.75) is 19.9 Å². The van der Waals surface area contributed by atoms with Crippen LogP contribution in [0.4, 0.5) is 0 Å². The first-order chi connectivity index (χ1) is 13.7. The number of methoxy groups -OCH3 is 1. The molecule has 0 aliphatic carbocycles. The van der Waals surface area contributed by atoms with Crippen LogP contribution in [0, 0.1) is 5.92 Å². The summed E-state index contributed by atoms with van der Waals surface area (Å²) in [6, 6.07) is 9.12. The summed E-state index contributed by atoms with van der Waals surface area (Å²) in [6.07, 6.45) is 1.50. The molecule has 0 aliphatic heterocycles. The largest absolute Gasteiger partial charge is 0.496 e. The van der Waals surface area contributed by atoms with Gasteiger partial charge < -0.3 is 10.1 Å². The molecule has 0 spiro atoms. The normalized spacial score (nSPS) is 12.1. The van der Waals surface area contributed by atoms with Gasteiger partial charge in [-0.25, -0.2) is 5.43 Å². The van der Waals surface area contributed by atoms with Crippen LogP contribution in [0.25, 0.3) is 0 Å². The molecule has 154 valence electrons. The molecular formula is C20H20BrCl2N3O3. The summed E-state index contributed by atoms with van der Waals surface area (Å²) in [5.74, 6) is -0.333. The number of hydrazone groups is 1. The summed E-state index contributed by atoms with van der Waals surface area (Å²) in [4.78, 5) is 25.0. The first kappa shape index (κ1) is 23.2. The summed E-state index contributed by atoms with van der Waals surface area (Å²) in [7, 11) is 1.58. The number of rotatable bonds is 7. The topological polar surface area (TPSA) is 79.8 Å². The van der Waals surface area contributed by atoms with E-state index in [1.54, 1.807) is 31.4 Å². The van der Waals surface area contributed by atoms with Crippen molar-refractivity contribution in [2.24, 2.45) is 11.0 Å². The van der Waals surface area contributed by atoms with Crippen LogP contribution in [0.5, 0.6) is 5.75 Å². The van der Waals surface area contributed by atoms with Gasteiger partial charge in [0.15, 0.2) is 0 Å². The maximum Gasteiger partial charge on any atom is 0.262 e. The third-order valence-corrected chi connectivity index (χ3v) is 5.34. The summed E-state index contributed by atoms with van der Waals surface area (Å²) in [5.41, 5.74) is 3.53. The van der Waals surface area contributed by atoms with E-state index < -0.39 is 17.9 Å². The third kappa shape index (κ3) is 6.45. The molecule has 0 radical (unpaired) electrons. The van der Waals surface area contributed by atoms with E-state index in [4.69, 9.17) is 27.9 Å². The Bertz CT molecular complexity index is 935. The van der Waals surface area contributed by atoms with Gasteiger partial charge in [-0.15, -0.1) is 0 Å². The zero-order chi connectivity index (χ0) is 21.6. The Morgan fingerprint density at radius 2 is 1.86 bits per heavy atom. The second-order valence-electron chi connectivity index (χ2n) is 6.45. The zero-order valence-electron chi connectivity index (χ0n) is 16.0. The fraction of sp³-hybridized carbons (Fsp3) is 0.250. The smallest absolute Gasteiger partial charge is 0.262 e. The van der Waals surface area contributed by atoms with Gasteiger partial charge in [0.25, 0.3) is 11.8 Å². The maximum absolute atomic E-state index is 12.5. The van der Waals surface area contributed by atoms with Crippen LogP contribution in [0.3, 0.4) is 0 Å². The van der Waals surface area contributed by atoms with Crippen molar-refractivity contribution in [3.05, 3.63) is 62.0 Å². The highest BCUT2D eigenvalue weighted by atomic mass is 79.9. The van der Waals surface area contributed by atoms with Gasteiger partial charge >= 0.3 is 0 Å². The molecule has 1 unspecified atom stereocenters. The van der Waals surface area contributed by atoms with Crippen molar-refractivity contribution in [3.63, 3.8) is 0 Å². The summed E-state index contributed by atoms with van der Waals surface area (Å²) in [6.45, 7) is 3.65. The molecule has 29 heavy (non-hydrogen) atoms. The van der Waals surface area contributed by atoms with Gasteiger partial charge in [0.05, 0.1) is 27.8 Å². The Balaban J connectivity index is 2.04. The molecule has 2 aromatic rings. The van der Waals surface area contributed by atoms with Crippen molar-refractivity contribution < 1.29 is 14.3 Å². The molecule has 2 amide bonds. The van der Waals surface area contributed by atoms with E-state index >= 15 is 0 Å². The summed E-state index contributed by atoms with van der Waals surface area (Å²) >= 11 is 15.2. The average molecular weight is 501 g/mol. The molecule has 2 aromatic carbocycles. The molecule has 0 saturated carbocycles. The number of benzene rings is 2. The Hall–Kier alpha value is -2.09. The molecule has 0 heterocycles. The molecule has 1 atom stereocenters. The highest BCUT2D eigenvalue weighted by Crippen LogP contribution is 2.25. The fourth-order valence-corrected chi connectivity index (χ4v) is 3.26. The zero-order valence-corrected chi connectivity index (χ0v) is 19.1. The molecule has 0 aromatic heterocycles. The van der Waals surface area contributed by atoms with Gasteiger partial charge in [0.1, 0.15) is 11.8 Å². The van der Waals surface area contributed by atoms with Crippen molar-refractivity contribution >= 4 is 57.2 Å². The summed E-state index contributed by atoms with van der Waals surface area (Å²) in [5, 5.41) is 7.28. The van der Waals surface area contributed by atoms with Gasteiger partial charge in [0.2, 0.25) is 0 Å². The average Bonchev–Trinajstić information content (AvgIpc) is 2.67. The molecule has 6 nitrogen and oxygen atoms in total. The first-order valence-corrected chi connectivity index (χ1v) is 10.2. The highest BCUT2D eigenvalue weighted by Gasteiger charge is 2.24. The maximum atomic E-state index is 12.5. The van der Waals surface area contributed by atoms with Crippen LogP contribution in [0.15, 0.2) is 46.0 Å². The van der Waals surface area contributed by atoms with Crippen LogP contribution >= 0.6 is 39.1 Å². The lowest BCUT2D eigenvalue weighted by Gasteiger charge is -2.20. The van der Waals surface area contributed by atoms with Gasteiger partial charge in [-0.1, -0.05) is 37.0 Å². The predicted octanol–water partition coefficient (Wildman–Crippen LogP) is 4.67. The lowest BCUT2D eigenvalue weighted by molar-refractivity contribution is -0.123. The molecule has 0 fully saturated rings. The number of nitrogens with zero attached hydrogens (tertiary/aromatic N) is 1. The van der Waals surface area contributed by atoms with Gasteiger partial charge in [-0.3, -0.25) is 9.59 Å². The van der Waals surface area contributed by atoms with Crippen molar-refractivity contribution in [3.8, 4) is 5.75 Å². The van der Waals surface area contributed by atoms with Crippen LogP contribution in [-0.4, -0.2) is 31.2 Å². The highest BCUT2D eigenvalue weighted by molar-refractivity contribution is 9.10. The summed E-state index contributed by atoms with van der Waals surface area (Å²) < 4.78 is 5.94. The second-order valence-corrected chi connectivity index (χ2v) is 8.12. The van der Waals surface area contributed by atoms with Crippen LogP contribution in [0.1, 0.15) is 29.8 Å². The number of amides is 2. The molecule has 2 rings (SSSR count). The fourth-order valence-electron chi connectivity index (χ4n) is 2.40. The molecule has 0 bridgehead atoms. The van der Waals surface area contributed by atoms with E-state index in [-0.39, 0.29) is 10.9 Å². The Labute approximate surface area is 187 Å². The monoisotopic (exact) mass is 499 g/mol. The minimum Gasteiger partial charge on any atom is -0.496 e. The van der Waals surface area contributed by atoms with E-state index in [9.17, 15) is 9.59 Å². The first-order valence-electron chi connectivity index (χ1n) is 8.65. The van der Waals surface area contributed by atoms with E-state index in [1.807, 2.05) is 13.8 Å². The lowest BCUT2D eigenvalue weighted by atomic mass is 10.0.